The van der Waals surface area contributed by atoms with Crippen LogP contribution in [0.2, 0.25) is 0 Å². The number of esters is 1. The second kappa shape index (κ2) is 6.08. The molecule has 0 saturated heterocycles. The maximum absolute atomic E-state index is 12.1. The average molecular weight is 307 g/mol. The van der Waals surface area contributed by atoms with Crippen LogP contribution in [-0.2, 0) is 9.53 Å². The molecule has 1 aliphatic heterocycles. The molecule has 0 fully saturated rings. The number of carbonyl (C=O) groups is 1. The number of nitrogens with zero attached hydrogens (tertiary/aromatic N) is 1. The average Bonchev–Trinajstić information content (AvgIpc) is 2.91. The van der Waals surface area contributed by atoms with Crippen molar-refractivity contribution >= 4 is 17.9 Å². The smallest absolute Gasteiger partial charge is 0.363 e. The molecule has 2 aromatic rings. The molecular weight excluding hydrogens is 290 g/mol. The minimum atomic E-state index is -0.452. The standard InChI is InChI=1S/C19H17NO3/c1-12-8-9-13(2)14(10-12)11-16-19(21)23-18(20-16)15-6-4-5-7-17(15)22-3/h4-11H,1-3H3/b16-11-. The number of para-hydroxylation sites is 1. The van der Waals surface area contributed by atoms with Crippen LogP contribution in [0.25, 0.3) is 6.08 Å². The van der Waals surface area contributed by atoms with Gasteiger partial charge in [0.15, 0.2) is 5.70 Å². The van der Waals surface area contributed by atoms with E-state index in [0.717, 1.165) is 16.7 Å². The fourth-order valence-electron chi connectivity index (χ4n) is 2.41. The fourth-order valence-corrected chi connectivity index (χ4v) is 2.41. The number of benzene rings is 2. The maximum Gasteiger partial charge on any atom is 0.363 e. The van der Waals surface area contributed by atoms with Gasteiger partial charge in [0, 0.05) is 0 Å². The third kappa shape index (κ3) is 3.01. The summed E-state index contributed by atoms with van der Waals surface area (Å²) in [7, 11) is 1.57. The van der Waals surface area contributed by atoms with Crippen molar-refractivity contribution in [2.75, 3.05) is 7.11 Å². The van der Waals surface area contributed by atoms with E-state index < -0.39 is 5.97 Å². The summed E-state index contributed by atoms with van der Waals surface area (Å²) in [6.45, 7) is 4.01. The number of hydrogen-bond donors (Lipinski definition) is 0. The summed E-state index contributed by atoms with van der Waals surface area (Å²) in [6.07, 6.45) is 1.76. The molecule has 0 bridgehead atoms. The van der Waals surface area contributed by atoms with Gasteiger partial charge in [0.25, 0.3) is 0 Å². The molecule has 0 saturated carbocycles. The first-order valence-corrected chi connectivity index (χ1v) is 7.31. The van der Waals surface area contributed by atoms with Gasteiger partial charge >= 0.3 is 5.97 Å². The van der Waals surface area contributed by atoms with E-state index in [1.165, 1.54) is 0 Å². The van der Waals surface area contributed by atoms with Crippen molar-refractivity contribution in [1.29, 1.82) is 0 Å². The highest BCUT2D eigenvalue weighted by atomic mass is 16.6. The van der Waals surface area contributed by atoms with E-state index in [0.29, 0.717) is 17.0 Å². The van der Waals surface area contributed by atoms with Gasteiger partial charge in [-0.3, -0.25) is 0 Å². The quantitative estimate of drug-likeness (QED) is 0.642. The van der Waals surface area contributed by atoms with Gasteiger partial charge < -0.3 is 9.47 Å². The van der Waals surface area contributed by atoms with Crippen molar-refractivity contribution in [3.63, 3.8) is 0 Å². The zero-order valence-corrected chi connectivity index (χ0v) is 13.3. The van der Waals surface area contributed by atoms with Gasteiger partial charge in [-0.25, -0.2) is 9.79 Å². The fraction of sp³-hybridized carbons (Fsp3) is 0.158. The molecule has 0 N–H and O–H groups in total. The number of ether oxygens (including phenoxy) is 2. The second-order valence-corrected chi connectivity index (χ2v) is 5.40. The first-order chi connectivity index (χ1) is 11.1. The Kier molecular flexibility index (Phi) is 3.98. The van der Waals surface area contributed by atoms with Crippen LogP contribution in [0.5, 0.6) is 5.75 Å². The molecule has 1 heterocycles. The van der Waals surface area contributed by atoms with Crippen LogP contribution in [0, 0.1) is 13.8 Å². The molecule has 4 heteroatoms. The molecule has 1 aliphatic rings. The van der Waals surface area contributed by atoms with Crippen molar-refractivity contribution in [2.24, 2.45) is 4.99 Å². The van der Waals surface area contributed by atoms with Crippen LogP contribution < -0.4 is 4.74 Å². The lowest BCUT2D eigenvalue weighted by atomic mass is 10.0. The molecular formula is C19H17NO3. The molecule has 0 unspecified atom stereocenters. The van der Waals surface area contributed by atoms with Gasteiger partial charge in [-0.2, -0.15) is 0 Å². The van der Waals surface area contributed by atoms with Crippen molar-refractivity contribution in [3.8, 4) is 5.75 Å². The van der Waals surface area contributed by atoms with Crippen LogP contribution in [0.15, 0.2) is 53.2 Å². The Bertz CT molecular complexity index is 834. The van der Waals surface area contributed by atoms with Gasteiger partial charge in [-0.15, -0.1) is 0 Å². The number of carbonyl (C=O) groups excluding carboxylic acids is 1. The normalized spacial score (nSPS) is 15.5. The summed E-state index contributed by atoms with van der Waals surface area (Å²) in [4.78, 5) is 16.5. The lowest BCUT2D eigenvalue weighted by Crippen LogP contribution is -2.06. The minimum absolute atomic E-state index is 0.268. The molecule has 0 radical (unpaired) electrons. The Balaban J connectivity index is 2.01. The van der Waals surface area contributed by atoms with E-state index in [1.807, 2.05) is 50.2 Å². The van der Waals surface area contributed by atoms with Crippen molar-refractivity contribution in [2.45, 2.75) is 13.8 Å². The van der Waals surface area contributed by atoms with E-state index >= 15 is 0 Å². The van der Waals surface area contributed by atoms with E-state index in [1.54, 1.807) is 19.3 Å². The molecule has 0 aromatic heterocycles. The Hall–Kier alpha value is -2.88. The van der Waals surface area contributed by atoms with Crippen LogP contribution in [0.1, 0.15) is 22.3 Å². The van der Waals surface area contributed by atoms with E-state index in [-0.39, 0.29) is 5.90 Å². The molecule has 0 amide bonds. The second-order valence-electron chi connectivity index (χ2n) is 5.40. The number of methoxy groups -OCH3 is 1. The van der Waals surface area contributed by atoms with Crippen molar-refractivity contribution < 1.29 is 14.3 Å². The van der Waals surface area contributed by atoms with Crippen molar-refractivity contribution in [1.82, 2.24) is 0 Å². The summed E-state index contributed by atoms with van der Waals surface area (Å²) < 4.78 is 10.6. The summed E-state index contributed by atoms with van der Waals surface area (Å²) >= 11 is 0. The Morgan fingerprint density at radius 1 is 1.13 bits per heavy atom. The number of aryl methyl sites for hydroxylation is 2. The van der Waals surface area contributed by atoms with Gasteiger partial charge in [-0.1, -0.05) is 35.9 Å². The molecule has 0 atom stereocenters. The molecule has 4 nitrogen and oxygen atoms in total. The van der Waals surface area contributed by atoms with Gasteiger partial charge in [0.2, 0.25) is 5.90 Å². The van der Waals surface area contributed by atoms with Gasteiger partial charge in [0.1, 0.15) is 5.75 Å². The predicted octanol–water partition coefficient (Wildman–Crippen LogP) is 3.66. The third-order valence-corrected chi connectivity index (χ3v) is 3.68. The SMILES string of the molecule is COc1ccccc1C1=N/C(=C\c2cc(C)ccc2C)C(=O)O1. The third-order valence-electron chi connectivity index (χ3n) is 3.68. The Morgan fingerprint density at radius 2 is 1.91 bits per heavy atom. The summed E-state index contributed by atoms with van der Waals surface area (Å²) in [6, 6.07) is 13.4. The highest BCUT2D eigenvalue weighted by Crippen LogP contribution is 2.25. The first-order valence-electron chi connectivity index (χ1n) is 7.31. The minimum Gasteiger partial charge on any atom is -0.496 e. The molecule has 116 valence electrons. The molecule has 0 spiro atoms. The van der Waals surface area contributed by atoms with Crippen LogP contribution in [0.3, 0.4) is 0 Å². The predicted molar refractivity (Wildman–Crippen MR) is 89.5 cm³/mol. The highest BCUT2D eigenvalue weighted by Gasteiger charge is 2.26. The summed E-state index contributed by atoms with van der Waals surface area (Å²) in [5, 5.41) is 0. The highest BCUT2D eigenvalue weighted by molar-refractivity contribution is 6.13. The van der Waals surface area contributed by atoms with Crippen LogP contribution in [0.4, 0.5) is 0 Å². The maximum atomic E-state index is 12.1. The molecule has 2 aromatic carbocycles. The Morgan fingerprint density at radius 3 is 2.70 bits per heavy atom. The number of hydrogen-bond acceptors (Lipinski definition) is 4. The molecule has 3 rings (SSSR count). The number of cyclic esters (lactones) is 1. The zero-order valence-electron chi connectivity index (χ0n) is 13.3. The monoisotopic (exact) mass is 307 g/mol. The molecule has 23 heavy (non-hydrogen) atoms. The van der Waals surface area contributed by atoms with E-state index in [4.69, 9.17) is 9.47 Å². The van der Waals surface area contributed by atoms with Crippen LogP contribution in [-0.4, -0.2) is 19.0 Å². The lowest BCUT2D eigenvalue weighted by molar-refractivity contribution is -0.129. The Labute approximate surface area is 135 Å². The summed E-state index contributed by atoms with van der Waals surface area (Å²) in [5.74, 6) is 0.433. The number of aliphatic imine (C=N–C) groups is 1. The summed E-state index contributed by atoms with van der Waals surface area (Å²) in [5.41, 5.74) is 4.12. The zero-order chi connectivity index (χ0) is 16.4. The lowest BCUT2D eigenvalue weighted by Gasteiger charge is -2.05. The topological polar surface area (TPSA) is 47.9 Å². The van der Waals surface area contributed by atoms with Crippen molar-refractivity contribution in [3.05, 3.63) is 70.4 Å². The van der Waals surface area contributed by atoms with Crippen LogP contribution >= 0.6 is 0 Å². The first kappa shape index (κ1) is 15.0. The van der Waals surface area contributed by atoms with Gasteiger partial charge in [0.05, 0.1) is 12.7 Å². The van der Waals surface area contributed by atoms with E-state index in [2.05, 4.69) is 4.99 Å². The largest absolute Gasteiger partial charge is 0.496 e. The van der Waals surface area contributed by atoms with Gasteiger partial charge in [-0.05, 0) is 43.2 Å². The number of rotatable bonds is 3. The van der Waals surface area contributed by atoms with E-state index in [9.17, 15) is 4.79 Å². The molecule has 0 aliphatic carbocycles.